The molecule has 0 saturated heterocycles. The van der Waals surface area contributed by atoms with Gasteiger partial charge in [-0.25, -0.2) is 9.67 Å². The van der Waals surface area contributed by atoms with Crippen molar-refractivity contribution >= 4 is 16.7 Å². The molecule has 5 nitrogen and oxygen atoms in total. The van der Waals surface area contributed by atoms with E-state index in [1.165, 1.54) is 11.7 Å². The molecule has 3 aromatic carbocycles. The molecule has 1 heterocycles. The molecule has 5 heteroatoms. The number of likely N-dealkylation sites (N-methyl/N-ethyl adjacent to an activating group) is 1. The summed E-state index contributed by atoms with van der Waals surface area (Å²) in [7, 11) is 1.86. The Labute approximate surface area is 164 Å². The maximum Gasteiger partial charge on any atom is 0.227 e. The number of rotatable bonds is 5. The average Bonchev–Trinajstić information content (AvgIpc) is 3.27. The van der Waals surface area contributed by atoms with E-state index in [-0.39, 0.29) is 11.9 Å². The van der Waals surface area contributed by atoms with Crippen molar-refractivity contribution in [2.75, 3.05) is 7.05 Å². The Balaban J connectivity index is 1.46. The largest absolute Gasteiger partial charge is 0.339 e. The molecule has 4 aromatic rings. The van der Waals surface area contributed by atoms with Crippen LogP contribution in [0, 0.1) is 0 Å². The molecule has 0 unspecified atom stereocenters. The minimum atomic E-state index is -0.0160. The summed E-state index contributed by atoms with van der Waals surface area (Å²) < 4.78 is 1.71. The molecule has 0 aliphatic rings. The van der Waals surface area contributed by atoms with E-state index in [2.05, 4.69) is 34.3 Å². The van der Waals surface area contributed by atoms with Crippen LogP contribution in [-0.4, -0.2) is 32.6 Å². The molecule has 0 saturated carbocycles. The fraction of sp³-hybridized carbons (Fsp3) is 0.174. The summed E-state index contributed by atoms with van der Waals surface area (Å²) in [6.07, 6.45) is 3.57. The van der Waals surface area contributed by atoms with Crippen molar-refractivity contribution in [3.05, 3.63) is 90.5 Å². The zero-order chi connectivity index (χ0) is 19.5. The SMILES string of the molecule is C[C@@H](c1ccc(-n2cncn2)cc1)N(C)C(=O)Cc1ccc2ccccc2c1. The minimum absolute atomic E-state index is 0.0160. The molecule has 0 N–H and O–H groups in total. The highest BCUT2D eigenvalue weighted by Crippen LogP contribution is 2.22. The number of aromatic nitrogens is 3. The van der Waals surface area contributed by atoms with Gasteiger partial charge in [0.25, 0.3) is 0 Å². The van der Waals surface area contributed by atoms with E-state index in [4.69, 9.17) is 0 Å². The van der Waals surface area contributed by atoms with Crippen molar-refractivity contribution in [3.63, 3.8) is 0 Å². The lowest BCUT2D eigenvalue weighted by atomic mass is 10.0. The lowest BCUT2D eigenvalue weighted by molar-refractivity contribution is -0.131. The molecule has 1 amide bonds. The van der Waals surface area contributed by atoms with Gasteiger partial charge in [0.1, 0.15) is 12.7 Å². The van der Waals surface area contributed by atoms with Gasteiger partial charge < -0.3 is 4.90 Å². The van der Waals surface area contributed by atoms with E-state index in [0.29, 0.717) is 6.42 Å². The van der Waals surface area contributed by atoms with E-state index >= 15 is 0 Å². The number of fused-ring (bicyclic) bond motifs is 1. The van der Waals surface area contributed by atoms with Crippen LogP contribution >= 0.6 is 0 Å². The number of amides is 1. The van der Waals surface area contributed by atoms with Crippen LogP contribution in [0.15, 0.2) is 79.4 Å². The first-order valence-electron chi connectivity index (χ1n) is 9.30. The highest BCUT2D eigenvalue weighted by atomic mass is 16.2. The van der Waals surface area contributed by atoms with Crippen LogP contribution in [0.5, 0.6) is 0 Å². The number of carbonyl (C=O) groups excluding carboxylic acids is 1. The normalized spacial score (nSPS) is 12.1. The van der Waals surface area contributed by atoms with Gasteiger partial charge in [0, 0.05) is 7.05 Å². The number of nitrogens with zero attached hydrogens (tertiary/aromatic N) is 4. The monoisotopic (exact) mass is 370 g/mol. The summed E-state index contributed by atoms with van der Waals surface area (Å²) >= 11 is 0. The molecule has 0 aliphatic carbocycles. The van der Waals surface area contributed by atoms with Crippen molar-refractivity contribution in [2.24, 2.45) is 0 Å². The van der Waals surface area contributed by atoms with Crippen LogP contribution in [-0.2, 0) is 11.2 Å². The van der Waals surface area contributed by atoms with E-state index in [1.807, 2.05) is 56.4 Å². The lowest BCUT2D eigenvalue weighted by Crippen LogP contribution is -2.31. The molecule has 0 bridgehead atoms. The van der Waals surface area contributed by atoms with Gasteiger partial charge in [0.15, 0.2) is 0 Å². The summed E-state index contributed by atoms with van der Waals surface area (Å²) in [5, 5.41) is 6.48. The van der Waals surface area contributed by atoms with Crippen LogP contribution < -0.4 is 0 Å². The van der Waals surface area contributed by atoms with Crippen molar-refractivity contribution < 1.29 is 4.79 Å². The predicted octanol–water partition coefficient (Wildman–Crippen LogP) is 4.18. The van der Waals surface area contributed by atoms with Crippen LogP contribution in [0.1, 0.15) is 24.1 Å². The van der Waals surface area contributed by atoms with Gasteiger partial charge in [-0.3, -0.25) is 4.79 Å². The first-order chi connectivity index (χ1) is 13.6. The van der Waals surface area contributed by atoms with Crippen molar-refractivity contribution in [3.8, 4) is 5.69 Å². The average molecular weight is 370 g/mol. The molecule has 1 aromatic heterocycles. The molecule has 0 fully saturated rings. The fourth-order valence-electron chi connectivity index (χ4n) is 3.33. The molecule has 28 heavy (non-hydrogen) atoms. The first-order valence-corrected chi connectivity index (χ1v) is 9.30. The van der Waals surface area contributed by atoms with Crippen molar-refractivity contribution in [2.45, 2.75) is 19.4 Å². The van der Waals surface area contributed by atoms with Crippen molar-refractivity contribution in [1.29, 1.82) is 0 Å². The Morgan fingerprint density at radius 3 is 2.50 bits per heavy atom. The van der Waals surface area contributed by atoms with Gasteiger partial charge in [-0.05, 0) is 41.0 Å². The standard InChI is InChI=1S/C23H22N4O/c1-17(19-9-11-22(12-10-19)27-16-24-15-25-27)26(2)23(28)14-18-7-8-20-5-3-4-6-21(20)13-18/h3-13,15-17H,14H2,1-2H3/t17-/m0/s1. The predicted molar refractivity (Wildman–Crippen MR) is 110 cm³/mol. The van der Waals surface area contributed by atoms with E-state index < -0.39 is 0 Å². The van der Waals surface area contributed by atoms with E-state index in [1.54, 1.807) is 15.9 Å². The number of benzene rings is 3. The van der Waals surface area contributed by atoms with Gasteiger partial charge in [0.2, 0.25) is 5.91 Å². The maximum absolute atomic E-state index is 12.8. The third-order valence-electron chi connectivity index (χ3n) is 5.20. The fourth-order valence-corrected chi connectivity index (χ4v) is 3.33. The zero-order valence-corrected chi connectivity index (χ0v) is 16.0. The zero-order valence-electron chi connectivity index (χ0n) is 16.0. The van der Waals surface area contributed by atoms with Crippen molar-refractivity contribution in [1.82, 2.24) is 19.7 Å². The number of hydrogen-bond donors (Lipinski definition) is 0. The second-order valence-electron chi connectivity index (χ2n) is 6.97. The molecule has 0 radical (unpaired) electrons. The quantitative estimate of drug-likeness (QED) is 0.529. The van der Waals surface area contributed by atoms with Crippen LogP contribution in [0.2, 0.25) is 0 Å². The van der Waals surface area contributed by atoms with Crippen LogP contribution in [0.3, 0.4) is 0 Å². The summed E-state index contributed by atoms with van der Waals surface area (Å²) in [5.74, 6) is 0.100. The van der Waals surface area contributed by atoms with E-state index in [9.17, 15) is 4.79 Å². The smallest absolute Gasteiger partial charge is 0.227 e. The lowest BCUT2D eigenvalue weighted by Gasteiger charge is -2.25. The Kier molecular flexibility index (Phi) is 4.89. The Morgan fingerprint density at radius 1 is 1.04 bits per heavy atom. The summed E-state index contributed by atoms with van der Waals surface area (Å²) in [6, 6.07) is 22.4. The molecular weight excluding hydrogens is 348 g/mol. The number of carbonyl (C=O) groups is 1. The van der Waals surface area contributed by atoms with Gasteiger partial charge in [-0.15, -0.1) is 0 Å². The number of hydrogen-bond acceptors (Lipinski definition) is 3. The highest BCUT2D eigenvalue weighted by Gasteiger charge is 2.18. The molecule has 140 valence electrons. The van der Waals surface area contributed by atoms with Gasteiger partial charge in [-0.1, -0.05) is 54.6 Å². The highest BCUT2D eigenvalue weighted by molar-refractivity contribution is 5.85. The molecular formula is C23H22N4O. The van der Waals surface area contributed by atoms with E-state index in [0.717, 1.165) is 22.2 Å². The minimum Gasteiger partial charge on any atom is -0.339 e. The third-order valence-corrected chi connectivity index (χ3v) is 5.20. The Morgan fingerprint density at radius 2 is 1.79 bits per heavy atom. The summed E-state index contributed by atoms with van der Waals surface area (Å²) in [5.41, 5.74) is 3.06. The second kappa shape index (κ2) is 7.64. The van der Waals surface area contributed by atoms with Crippen LogP contribution in [0.4, 0.5) is 0 Å². The molecule has 1 atom stereocenters. The molecule has 4 rings (SSSR count). The van der Waals surface area contributed by atoms with Gasteiger partial charge >= 0.3 is 0 Å². The summed E-state index contributed by atoms with van der Waals surface area (Å²) in [4.78, 5) is 18.6. The topological polar surface area (TPSA) is 51.0 Å². The van der Waals surface area contributed by atoms with Gasteiger partial charge in [-0.2, -0.15) is 5.10 Å². The third kappa shape index (κ3) is 3.64. The maximum atomic E-state index is 12.8. The Hall–Kier alpha value is -3.47. The molecule has 0 aliphatic heterocycles. The van der Waals surface area contributed by atoms with Crippen LogP contribution in [0.25, 0.3) is 16.5 Å². The molecule has 0 spiro atoms. The second-order valence-corrected chi connectivity index (χ2v) is 6.97. The summed E-state index contributed by atoms with van der Waals surface area (Å²) in [6.45, 7) is 2.04. The first kappa shape index (κ1) is 17.9. The van der Waals surface area contributed by atoms with Gasteiger partial charge in [0.05, 0.1) is 18.2 Å². The Bertz CT molecular complexity index is 1090.